The zero-order valence-electron chi connectivity index (χ0n) is 12.7. The molecule has 4 heterocycles. The van der Waals surface area contributed by atoms with Gasteiger partial charge in [-0.05, 0) is 6.07 Å². The largest absolute Gasteiger partial charge is 0.495 e. The molecular formula is C15H16N6O2. The normalized spacial score (nSPS) is 15.1. The molecule has 0 radical (unpaired) electrons. The summed E-state index contributed by atoms with van der Waals surface area (Å²) in [5.74, 6) is 2.09. The fourth-order valence-electron chi connectivity index (χ4n) is 2.60. The van der Waals surface area contributed by atoms with Crippen LogP contribution in [0.25, 0.3) is 22.6 Å². The first kappa shape index (κ1) is 13.9. The zero-order chi connectivity index (χ0) is 15.6. The third-order valence-corrected chi connectivity index (χ3v) is 3.78. The minimum absolute atomic E-state index is 0.581. The maximum absolute atomic E-state index is 5.42. The van der Waals surface area contributed by atoms with Crippen LogP contribution in [0, 0.1) is 0 Å². The Morgan fingerprint density at radius 1 is 1.22 bits per heavy atom. The molecule has 0 atom stereocenters. The maximum Gasteiger partial charge on any atom is 0.183 e. The van der Waals surface area contributed by atoms with Crippen molar-refractivity contribution in [3.05, 3.63) is 24.8 Å². The van der Waals surface area contributed by atoms with Gasteiger partial charge >= 0.3 is 0 Å². The number of fused-ring (bicyclic) bond motifs is 1. The number of rotatable bonds is 3. The molecule has 1 aliphatic rings. The fraction of sp³-hybridized carbons (Fsp3) is 0.333. The monoisotopic (exact) mass is 312 g/mol. The molecule has 0 aromatic carbocycles. The summed E-state index contributed by atoms with van der Waals surface area (Å²) in [6.45, 7) is 2.97. The van der Waals surface area contributed by atoms with E-state index in [0.29, 0.717) is 30.4 Å². The van der Waals surface area contributed by atoms with Gasteiger partial charge in [-0.2, -0.15) is 0 Å². The average Bonchev–Trinajstić information content (AvgIpc) is 3.10. The van der Waals surface area contributed by atoms with Crippen molar-refractivity contribution in [3.8, 4) is 17.1 Å². The van der Waals surface area contributed by atoms with E-state index in [9.17, 15) is 0 Å². The second-order valence-electron chi connectivity index (χ2n) is 5.18. The lowest BCUT2D eigenvalue weighted by Gasteiger charge is -2.28. The van der Waals surface area contributed by atoms with Crippen molar-refractivity contribution >= 4 is 17.0 Å². The van der Waals surface area contributed by atoms with Crippen molar-refractivity contribution in [2.75, 3.05) is 38.3 Å². The molecule has 1 N–H and O–H groups in total. The molecule has 0 spiro atoms. The summed E-state index contributed by atoms with van der Waals surface area (Å²) < 4.78 is 10.7. The lowest BCUT2D eigenvalue weighted by molar-refractivity contribution is 0.122. The first-order valence-corrected chi connectivity index (χ1v) is 7.38. The van der Waals surface area contributed by atoms with Crippen LogP contribution in [0.1, 0.15) is 0 Å². The number of pyridine rings is 1. The summed E-state index contributed by atoms with van der Waals surface area (Å²) in [5, 5.41) is 0. The van der Waals surface area contributed by atoms with Gasteiger partial charge in [-0.1, -0.05) is 0 Å². The lowest BCUT2D eigenvalue weighted by atomic mass is 10.2. The summed E-state index contributed by atoms with van der Waals surface area (Å²) >= 11 is 0. The van der Waals surface area contributed by atoms with Gasteiger partial charge in [0.25, 0.3) is 0 Å². The Labute approximate surface area is 132 Å². The van der Waals surface area contributed by atoms with E-state index in [-0.39, 0.29) is 0 Å². The quantitative estimate of drug-likeness (QED) is 0.778. The van der Waals surface area contributed by atoms with Crippen LogP contribution in [-0.4, -0.2) is 58.3 Å². The van der Waals surface area contributed by atoms with Crippen molar-refractivity contribution in [1.82, 2.24) is 24.9 Å². The van der Waals surface area contributed by atoms with E-state index in [4.69, 9.17) is 14.5 Å². The average molecular weight is 312 g/mol. The van der Waals surface area contributed by atoms with E-state index in [1.54, 1.807) is 25.8 Å². The van der Waals surface area contributed by atoms with Crippen molar-refractivity contribution in [1.29, 1.82) is 0 Å². The van der Waals surface area contributed by atoms with E-state index in [1.165, 1.54) is 0 Å². The van der Waals surface area contributed by atoms with E-state index in [1.807, 2.05) is 6.07 Å². The number of aromatic amines is 1. The van der Waals surface area contributed by atoms with Crippen LogP contribution in [0.4, 0.5) is 5.82 Å². The number of H-pyrrole nitrogens is 1. The van der Waals surface area contributed by atoms with Crippen molar-refractivity contribution in [2.45, 2.75) is 0 Å². The molecule has 0 saturated carbocycles. The minimum atomic E-state index is 0.581. The van der Waals surface area contributed by atoms with Crippen molar-refractivity contribution < 1.29 is 9.47 Å². The van der Waals surface area contributed by atoms with Gasteiger partial charge in [0.05, 0.1) is 32.8 Å². The molecule has 23 heavy (non-hydrogen) atoms. The molecule has 0 bridgehead atoms. The molecule has 3 aromatic heterocycles. The van der Waals surface area contributed by atoms with Gasteiger partial charge in [0.1, 0.15) is 11.3 Å². The van der Waals surface area contributed by atoms with Crippen molar-refractivity contribution in [3.63, 3.8) is 0 Å². The number of ether oxygens (including phenoxy) is 2. The molecule has 3 aromatic rings. The Bertz CT molecular complexity index is 828. The van der Waals surface area contributed by atoms with Crippen LogP contribution in [-0.2, 0) is 4.74 Å². The standard InChI is InChI=1S/C15H16N6O2/c1-22-11-6-10(7-16-8-11)13-19-14-12(17-9-18-14)15(20-13)21-2-4-23-5-3-21/h6-9H,2-5H2,1H3,(H,17,18,19,20). The predicted octanol–water partition coefficient (Wildman–Crippen LogP) is 1.26. The number of morpholine rings is 1. The Balaban J connectivity index is 1.83. The van der Waals surface area contributed by atoms with Gasteiger partial charge in [0.2, 0.25) is 0 Å². The molecule has 118 valence electrons. The van der Waals surface area contributed by atoms with Crippen LogP contribution in [0.2, 0.25) is 0 Å². The molecule has 8 heteroatoms. The number of methoxy groups -OCH3 is 1. The number of anilines is 1. The highest BCUT2D eigenvalue weighted by Crippen LogP contribution is 2.27. The molecule has 1 fully saturated rings. The number of aromatic nitrogens is 5. The van der Waals surface area contributed by atoms with Crippen LogP contribution < -0.4 is 9.64 Å². The van der Waals surface area contributed by atoms with Gasteiger partial charge in [-0.15, -0.1) is 0 Å². The highest BCUT2D eigenvalue weighted by atomic mass is 16.5. The second-order valence-corrected chi connectivity index (χ2v) is 5.18. The summed E-state index contributed by atoms with van der Waals surface area (Å²) in [7, 11) is 1.61. The second kappa shape index (κ2) is 5.81. The molecule has 0 amide bonds. The molecule has 8 nitrogen and oxygen atoms in total. The Kier molecular flexibility index (Phi) is 3.51. The van der Waals surface area contributed by atoms with E-state index in [2.05, 4.69) is 24.8 Å². The lowest BCUT2D eigenvalue weighted by Crippen LogP contribution is -2.37. The van der Waals surface area contributed by atoms with Gasteiger partial charge in [-0.3, -0.25) is 4.98 Å². The van der Waals surface area contributed by atoms with Crippen LogP contribution in [0.15, 0.2) is 24.8 Å². The van der Waals surface area contributed by atoms with Crippen LogP contribution in [0.5, 0.6) is 5.75 Å². The highest BCUT2D eigenvalue weighted by molar-refractivity contribution is 5.85. The number of imidazole rings is 1. The first-order valence-electron chi connectivity index (χ1n) is 7.38. The molecule has 0 aliphatic carbocycles. The third kappa shape index (κ3) is 2.57. The van der Waals surface area contributed by atoms with Crippen LogP contribution >= 0.6 is 0 Å². The Morgan fingerprint density at radius 2 is 2.09 bits per heavy atom. The molecular weight excluding hydrogens is 296 g/mol. The van der Waals surface area contributed by atoms with Gasteiger partial charge < -0.3 is 19.4 Å². The molecule has 0 unspecified atom stereocenters. The van der Waals surface area contributed by atoms with Crippen molar-refractivity contribution in [2.24, 2.45) is 0 Å². The van der Waals surface area contributed by atoms with Gasteiger partial charge in [-0.25, -0.2) is 15.0 Å². The Morgan fingerprint density at radius 3 is 2.91 bits per heavy atom. The van der Waals surface area contributed by atoms with Gasteiger partial charge in [0.15, 0.2) is 17.3 Å². The topological polar surface area (TPSA) is 89.0 Å². The SMILES string of the molecule is COc1cncc(-c2nc(N3CCOCC3)c3[nH]cnc3n2)c1. The van der Waals surface area contributed by atoms with E-state index >= 15 is 0 Å². The zero-order valence-corrected chi connectivity index (χ0v) is 12.7. The fourth-order valence-corrected chi connectivity index (χ4v) is 2.60. The predicted molar refractivity (Wildman–Crippen MR) is 84.5 cm³/mol. The number of hydrogen-bond donors (Lipinski definition) is 1. The highest BCUT2D eigenvalue weighted by Gasteiger charge is 2.19. The number of nitrogens with one attached hydrogen (secondary N) is 1. The third-order valence-electron chi connectivity index (χ3n) is 3.78. The van der Waals surface area contributed by atoms with E-state index in [0.717, 1.165) is 30.0 Å². The maximum atomic E-state index is 5.42. The minimum Gasteiger partial charge on any atom is -0.495 e. The summed E-state index contributed by atoms with van der Waals surface area (Å²) in [4.78, 5) is 23.0. The summed E-state index contributed by atoms with van der Waals surface area (Å²) in [5.41, 5.74) is 2.27. The summed E-state index contributed by atoms with van der Waals surface area (Å²) in [6, 6.07) is 1.86. The summed E-state index contributed by atoms with van der Waals surface area (Å²) in [6.07, 6.45) is 5.01. The van der Waals surface area contributed by atoms with Crippen LogP contribution in [0.3, 0.4) is 0 Å². The molecule has 4 rings (SSSR count). The number of hydrogen-bond acceptors (Lipinski definition) is 7. The Hall–Kier alpha value is -2.74. The van der Waals surface area contributed by atoms with E-state index < -0.39 is 0 Å². The number of nitrogens with zero attached hydrogens (tertiary/aromatic N) is 5. The smallest absolute Gasteiger partial charge is 0.183 e. The molecule has 1 saturated heterocycles. The molecule has 1 aliphatic heterocycles. The first-order chi connectivity index (χ1) is 11.3. The van der Waals surface area contributed by atoms with Gasteiger partial charge in [0, 0.05) is 24.8 Å².